The van der Waals surface area contributed by atoms with E-state index in [-0.39, 0.29) is 11.7 Å². The Morgan fingerprint density at radius 3 is 2.65 bits per heavy atom. The fourth-order valence-electron chi connectivity index (χ4n) is 3.40. The van der Waals surface area contributed by atoms with E-state index < -0.39 is 0 Å². The van der Waals surface area contributed by atoms with E-state index in [0.717, 1.165) is 47.3 Å². The summed E-state index contributed by atoms with van der Waals surface area (Å²) in [6.45, 7) is 0. The number of halogens is 1. The molecule has 0 spiro atoms. The van der Waals surface area contributed by atoms with Gasteiger partial charge in [-0.25, -0.2) is 9.97 Å². The van der Waals surface area contributed by atoms with Crippen molar-refractivity contribution in [3.63, 3.8) is 0 Å². The van der Waals surface area contributed by atoms with Gasteiger partial charge < -0.3 is 5.32 Å². The molecule has 4 nitrogen and oxygen atoms in total. The van der Waals surface area contributed by atoms with E-state index in [9.17, 15) is 4.79 Å². The molecule has 0 saturated carbocycles. The highest BCUT2D eigenvalue weighted by Gasteiger charge is 2.15. The number of benzene rings is 3. The van der Waals surface area contributed by atoms with Crippen molar-refractivity contribution in [3.05, 3.63) is 82.9 Å². The molecule has 7 heteroatoms. The Labute approximate surface area is 195 Å². The van der Waals surface area contributed by atoms with E-state index in [0.29, 0.717) is 0 Å². The Kier molecular flexibility index (Phi) is 5.72. The van der Waals surface area contributed by atoms with Gasteiger partial charge in [-0.1, -0.05) is 70.2 Å². The Morgan fingerprint density at radius 1 is 1.00 bits per heavy atom. The van der Waals surface area contributed by atoms with E-state index >= 15 is 0 Å². The van der Waals surface area contributed by atoms with Crippen LogP contribution < -0.4 is 5.32 Å². The second kappa shape index (κ2) is 8.78. The van der Waals surface area contributed by atoms with Gasteiger partial charge in [0.2, 0.25) is 5.91 Å². The lowest BCUT2D eigenvalue weighted by molar-refractivity contribution is -0.113. The van der Waals surface area contributed by atoms with Crippen LogP contribution >= 0.6 is 39.0 Å². The maximum atomic E-state index is 12.6. The van der Waals surface area contributed by atoms with Crippen LogP contribution in [-0.4, -0.2) is 21.6 Å². The highest BCUT2D eigenvalue weighted by molar-refractivity contribution is 9.10. The number of carbonyl (C=O) groups excluding carboxylic acids is 1. The fourth-order valence-corrected chi connectivity index (χ4v) is 5.45. The third kappa shape index (κ3) is 4.35. The summed E-state index contributed by atoms with van der Waals surface area (Å²) in [5, 5.41) is 9.16. The number of hydrogen-bond acceptors (Lipinski definition) is 5. The zero-order chi connectivity index (χ0) is 21.2. The van der Waals surface area contributed by atoms with Gasteiger partial charge in [0, 0.05) is 21.1 Å². The number of thioether (sulfide) groups is 1. The van der Waals surface area contributed by atoms with Gasteiger partial charge in [0.1, 0.15) is 16.2 Å². The number of carbonyl (C=O) groups is 1. The van der Waals surface area contributed by atoms with Crippen molar-refractivity contribution in [1.82, 2.24) is 9.97 Å². The molecule has 1 amide bonds. The summed E-state index contributed by atoms with van der Waals surface area (Å²) in [6, 6.07) is 22.2. The molecule has 0 bridgehead atoms. The summed E-state index contributed by atoms with van der Waals surface area (Å²) < 4.78 is 1.03. The summed E-state index contributed by atoms with van der Waals surface area (Å²) in [4.78, 5) is 22.4. The predicted octanol–water partition coefficient (Wildman–Crippen LogP) is 7.00. The fraction of sp³-hybridized carbons (Fsp3) is 0.0417. The van der Waals surface area contributed by atoms with Crippen LogP contribution in [0, 0.1) is 0 Å². The molecule has 2 aromatic heterocycles. The third-order valence-electron chi connectivity index (χ3n) is 4.86. The maximum absolute atomic E-state index is 12.6. The molecule has 0 aliphatic carbocycles. The molecule has 0 radical (unpaired) electrons. The van der Waals surface area contributed by atoms with Gasteiger partial charge in [0.15, 0.2) is 0 Å². The second-order valence-electron chi connectivity index (χ2n) is 6.91. The SMILES string of the molecule is O=C(CSc1ncnc2scc(-c3ccc(Br)cc3)c12)Nc1ccc2ccccc2c1. The van der Waals surface area contributed by atoms with Crippen molar-refractivity contribution in [3.8, 4) is 11.1 Å². The lowest BCUT2D eigenvalue weighted by Crippen LogP contribution is -2.14. The summed E-state index contributed by atoms with van der Waals surface area (Å²) in [5.74, 6) is 0.210. The first kappa shape index (κ1) is 20.2. The van der Waals surface area contributed by atoms with Crippen molar-refractivity contribution in [1.29, 1.82) is 0 Å². The van der Waals surface area contributed by atoms with Crippen molar-refractivity contribution in [2.45, 2.75) is 5.03 Å². The molecule has 2 heterocycles. The number of rotatable bonds is 5. The summed E-state index contributed by atoms with van der Waals surface area (Å²) in [6.07, 6.45) is 1.56. The normalized spacial score (nSPS) is 11.1. The van der Waals surface area contributed by atoms with Crippen LogP contribution in [0.5, 0.6) is 0 Å². The smallest absolute Gasteiger partial charge is 0.234 e. The summed E-state index contributed by atoms with van der Waals surface area (Å²) in [5.41, 5.74) is 2.99. The van der Waals surface area contributed by atoms with Gasteiger partial charge in [-0.05, 0) is 40.6 Å². The minimum absolute atomic E-state index is 0.0625. The Balaban J connectivity index is 1.36. The average molecular weight is 506 g/mol. The van der Waals surface area contributed by atoms with E-state index in [2.05, 4.69) is 54.8 Å². The van der Waals surface area contributed by atoms with Gasteiger partial charge in [-0.15, -0.1) is 11.3 Å². The molecule has 0 unspecified atom stereocenters. The first-order valence-electron chi connectivity index (χ1n) is 9.57. The third-order valence-corrected chi connectivity index (χ3v) is 7.27. The van der Waals surface area contributed by atoms with Gasteiger partial charge >= 0.3 is 0 Å². The Bertz CT molecular complexity index is 1400. The molecule has 31 heavy (non-hydrogen) atoms. The minimum Gasteiger partial charge on any atom is -0.325 e. The Hall–Kier alpha value is -2.74. The van der Waals surface area contributed by atoms with Crippen LogP contribution in [0.1, 0.15) is 0 Å². The van der Waals surface area contributed by atoms with E-state index in [1.165, 1.54) is 11.8 Å². The molecule has 0 aliphatic rings. The monoisotopic (exact) mass is 505 g/mol. The zero-order valence-corrected chi connectivity index (χ0v) is 19.4. The quantitative estimate of drug-likeness (QED) is 0.206. The molecule has 0 aliphatic heterocycles. The number of anilines is 1. The lowest BCUT2D eigenvalue weighted by Gasteiger charge is -2.08. The number of aromatic nitrogens is 2. The predicted molar refractivity (Wildman–Crippen MR) is 134 cm³/mol. The summed E-state index contributed by atoms with van der Waals surface area (Å²) in [7, 11) is 0. The first-order chi connectivity index (χ1) is 15.2. The van der Waals surface area contributed by atoms with E-state index in [1.54, 1.807) is 17.7 Å². The summed E-state index contributed by atoms with van der Waals surface area (Å²) >= 11 is 6.50. The molecular formula is C24H16BrN3OS2. The lowest BCUT2D eigenvalue weighted by atomic mass is 10.1. The molecule has 3 aromatic carbocycles. The van der Waals surface area contributed by atoms with Crippen molar-refractivity contribution < 1.29 is 4.79 Å². The number of nitrogens with zero attached hydrogens (tertiary/aromatic N) is 2. The standard InChI is InChI=1S/C24H16BrN3OS2/c25-18-8-5-16(6-9-18)20-12-30-23-22(20)24(27-14-26-23)31-13-21(29)28-19-10-7-15-3-1-2-4-17(15)11-19/h1-12,14H,13H2,(H,28,29). The minimum atomic E-state index is -0.0625. The maximum Gasteiger partial charge on any atom is 0.234 e. The Morgan fingerprint density at radius 2 is 1.81 bits per heavy atom. The second-order valence-corrected chi connectivity index (χ2v) is 9.65. The molecular weight excluding hydrogens is 490 g/mol. The van der Waals surface area contributed by atoms with Gasteiger partial charge in [0.05, 0.1) is 11.1 Å². The zero-order valence-electron chi connectivity index (χ0n) is 16.2. The number of thiophene rings is 1. The van der Waals surface area contributed by atoms with E-state index in [1.807, 2.05) is 48.5 Å². The number of hydrogen-bond donors (Lipinski definition) is 1. The van der Waals surface area contributed by atoms with Crippen LogP contribution in [0.25, 0.3) is 32.1 Å². The number of nitrogens with one attached hydrogen (secondary N) is 1. The van der Waals surface area contributed by atoms with Crippen molar-refractivity contribution >= 4 is 71.6 Å². The topological polar surface area (TPSA) is 54.9 Å². The van der Waals surface area contributed by atoms with Gasteiger partial charge in [-0.2, -0.15) is 0 Å². The molecule has 1 N–H and O–H groups in total. The molecule has 0 atom stereocenters. The van der Waals surface area contributed by atoms with Gasteiger partial charge in [-0.3, -0.25) is 4.79 Å². The van der Waals surface area contributed by atoms with Crippen molar-refractivity contribution in [2.75, 3.05) is 11.1 Å². The highest BCUT2D eigenvalue weighted by Crippen LogP contribution is 2.38. The number of fused-ring (bicyclic) bond motifs is 2. The van der Waals surface area contributed by atoms with Crippen molar-refractivity contribution in [2.24, 2.45) is 0 Å². The van der Waals surface area contributed by atoms with Crippen LogP contribution in [-0.2, 0) is 4.79 Å². The van der Waals surface area contributed by atoms with Crippen LogP contribution in [0.3, 0.4) is 0 Å². The largest absolute Gasteiger partial charge is 0.325 e. The van der Waals surface area contributed by atoms with Gasteiger partial charge in [0.25, 0.3) is 0 Å². The molecule has 0 fully saturated rings. The molecule has 5 rings (SSSR count). The van der Waals surface area contributed by atoms with Crippen LogP contribution in [0.15, 0.2) is 87.9 Å². The van der Waals surface area contributed by atoms with Crippen LogP contribution in [0.2, 0.25) is 0 Å². The first-order valence-corrected chi connectivity index (χ1v) is 12.2. The average Bonchev–Trinajstić information content (AvgIpc) is 3.23. The number of amides is 1. The molecule has 0 saturated heterocycles. The van der Waals surface area contributed by atoms with Crippen LogP contribution in [0.4, 0.5) is 5.69 Å². The molecule has 5 aromatic rings. The highest BCUT2D eigenvalue weighted by atomic mass is 79.9. The van der Waals surface area contributed by atoms with E-state index in [4.69, 9.17) is 0 Å². The molecule has 152 valence electrons.